The third kappa shape index (κ3) is 5.78. The Kier molecular flexibility index (Phi) is 7.54. The van der Waals surface area contributed by atoms with Crippen LogP contribution in [0.3, 0.4) is 0 Å². The second-order valence-corrected chi connectivity index (χ2v) is 9.56. The third-order valence-electron chi connectivity index (χ3n) is 5.70. The van der Waals surface area contributed by atoms with Crippen LogP contribution in [0.4, 0.5) is 10.5 Å². The van der Waals surface area contributed by atoms with E-state index in [0.29, 0.717) is 22.7 Å². The lowest BCUT2D eigenvalue weighted by Crippen LogP contribution is -2.27. The number of aryl methyl sites for hydroxylation is 2. The summed E-state index contributed by atoms with van der Waals surface area (Å²) in [7, 11) is 3.00. The molecule has 0 saturated carbocycles. The van der Waals surface area contributed by atoms with Gasteiger partial charge in [0.25, 0.3) is 17.1 Å². The monoisotopic (exact) mass is 518 g/mol. The largest absolute Gasteiger partial charge is 0.507 e. The molecule has 1 aliphatic heterocycles. The quantitative estimate of drug-likeness (QED) is 0.397. The number of phenolic OH excluding ortho intramolecular Hbond substituents is 1. The molecule has 1 aliphatic rings. The summed E-state index contributed by atoms with van der Waals surface area (Å²) in [4.78, 5) is 39.9. The number of carbonyl (C=O) groups excluding carboxylic acids is 3. The number of thioether (sulfide) groups is 1. The van der Waals surface area contributed by atoms with Crippen molar-refractivity contribution >= 4 is 40.6 Å². The van der Waals surface area contributed by atoms with E-state index in [0.717, 1.165) is 28.5 Å². The van der Waals surface area contributed by atoms with Crippen LogP contribution in [0.15, 0.2) is 59.5 Å². The summed E-state index contributed by atoms with van der Waals surface area (Å²) in [6.07, 6.45) is 1.54. The molecule has 8 nitrogen and oxygen atoms in total. The van der Waals surface area contributed by atoms with Crippen LogP contribution in [0.2, 0.25) is 0 Å². The molecule has 0 spiro atoms. The minimum absolute atomic E-state index is 0.0120. The number of imide groups is 1. The highest BCUT2D eigenvalue weighted by Crippen LogP contribution is 2.34. The number of phenols is 1. The molecular weight excluding hydrogens is 492 g/mol. The van der Waals surface area contributed by atoms with Gasteiger partial charge in [0.05, 0.1) is 31.2 Å². The lowest BCUT2D eigenvalue weighted by molar-refractivity contribution is -0.123. The van der Waals surface area contributed by atoms with E-state index in [9.17, 15) is 19.5 Å². The highest BCUT2D eigenvalue weighted by atomic mass is 32.2. The number of rotatable bonds is 7. The van der Waals surface area contributed by atoms with E-state index < -0.39 is 11.8 Å². The number of hydrogen-bond acceptors (Lipinski definition) is 7. The molecule has 0 aliphatic carbocycles. The number of anilines is 1. The van der Waals surface area contributed by atoms with Crippen molar-refractivity contribution in [2.75, 3.05) is 19.5 Å². The third-order valence-corrected chi connectivity index (χ3v) is 6.61. The number of hydrogen-bond donors (Lipinski definition) is 2. The van der Waals surface area contributed by atoms with Crippen LogP contribution in [0.1, 0.15) is 32.6 Å². The lowest BCUT2D eigenvalue weighted by Gasteiger charge is -2.13. The molecule has 9 heteroatoms. The number of aromatic hydroxyl groups is 1. The van der Waals surface area contributed by atoms with Crippen molar-refractivity contribution in [3.63, 3.8) is 0 Å². The predicted octanol–water partition coefficient (Wildman–Crippen LogP) is 5.52. The SMILES string of the molecule is COc1ccc(NC(=O)c2cc(C=C3SC(=O)N(Cc4cc(C)cc(C)c4)C3=O)ccc2O)cc1OC. The van der Waals surface area contributed by atoms with Crippen molar-refractivity contribution in [3.05, 3.63) is 87.3 Å². The van der Waals surface area contributed by atoms with Crippen LogP contribution in [0, 0.1) is 13.8 Å². The van der Waals surface area contributed by atoms with Crippen molar-refractivity contribution in [2.45, 2.75) is 20.4 Å². The summed E-state index contributed by atoms with van der Waals surface area (Å²) in [5.41, 5.74) is 3.94. The lowest BCUT2D eigenvalue weighted by atomic mass is 10.1. The van der Waals surface area contributed by atoms with Gasteiger partial charge in [0.2, 0.25) is 0 Å². The summed E-state index contributed by atoms with van der Waals surface area (Å²) in [6, 6.07) is 15.2. The first-order valence-electron chi connectivity index (χ1n) is 11.4. The van der Waals surface area contributed by atoms with Gasteiger partial charge in [-0.3, -0.25) is 19.3 Å². The second kappa shape index (κ2) is 10.8. The number of benzene rings is 3. The van der Waals surface area contributed by atoms with E-state index in [-0.39, 0.29) is 28.0 Å². The summed E-state index contributed by atoms with van der Waals surface area (Å²) >= 11 is 0.843. The zero-order chi connectivity index (χ0) is 26.7. The molecule has 0 radical (unpaired) electrons. The fraction of sp³-hybridized carbons (Fsp3) is 0.179. The van der Waals surface area contributed by atoms with Gasteiger partial charge in [-0.25, -0.2) is 0 Å². The average molecular weight is 519 g/mol. The first-order chi connectivity index (χ1) is 17.7. The highest BCUT2D eigenvalue weighted by Gasteiger charge is 2.35. The summed E-state index contributed by atoms with van der Waals surface area (Å²) < 4.78 is 10.5. The van der Waals surface area contributed by atoms with Gasteiger partial charge in [-0.15, -0.1) is 0 Å². The number of nitrogens with one attached hydrogen (secondary N) is 1. The van der Waals surface area contributed by atoms with E-state index in [2.05, 4.69) is 5.32 Å². The fourth-order valence-electron chi connectivity index (χ4n) is 4.07. The van der Waals surface area contributed by atoms with Crippen LogP contribution in [0.5, 0.6) is 17.2 Å². The molecule has 0 atom stereocenters. The van der Waals surface area contributed by atoms with E-state index in [1.165, 1.54) is 31.3 Å². The van der Waals surface area contributed by atoms with Gasteiger partial charge in [-0.1, -0.05) is 35.4 Å². The Morgan fingerprint density at radius 2 is 1.68 bits per heavy atom. The molecular formula is C28H26N2O6S. The van der Waals surface area contributed by atoms with Gasteiger partial charge in [0.15, 0.2) is 11.5 Å². The van der Waals surface area contributed by atoms with Crippen LogP contribution >= 0.6 is 11.8 Å². The molecule has 0 unspecified atom stereocenters. The Morgan fingerprint density at radius 1 is 0.973 bits per heavy atom. The van der Waals surface area contributed by atoms with Crippen LogP contribution < -0.4 is 14.8 Å². The molecule has 1 saturated heterocycles. The molecule has 1 heterocycles. The number of amides is 3. The zero-order valence-electron chi connectivity index (χ0n) is 20.8. The van der Waals surface area contributed by atoms with Crippen molar-refractivity contribution in [2.24, 2.45) is 0 Å². The molecule has 0 aromatic heterocycles. The summed E-state index contributed by atoms with van der Waals surface area (Å²) in [6.45, 7) is 4.11. The number of ether oxygens (including phenoxy) is 2. The van der Waals surface area contributed by atoms with Gasteiger partial charge in [0, 0.05) is 11.8 Å². The minimum atomic E-state index is -0.553. The maximum atomic E-state index is 13.0. The van der Waals surface area contributed by atoms with E-state index in [1.807, 2.05) is 32.0 Å². The molecule has 37 heavy (non-hydrogen) atoms. The second-order valence-electron chi connectivity index (χ2n) is 8.56. The van der Waals surface area contributed by atoms with Crippen LogP contribution in [-0.4, -0.2) is 41.3 Å². The number of carbonyl (C=O) groups is 3. The molecule has 4 rings (SSSR count). The first-order valence-corrected chi connectivity index (χ1v) is 12.2. The Bertz CT molecular complexity index is 1410. The molecule has 0 bridgehead atoms. The van der Waals surface area contributed by atoms with E-state index in [1.54, 1.807) is 30.3 Å². The van der Waals surface area contributed by atoms with Gasteiger partial charge >= 0.3 is 0 Å². The summed E-state index contributed by atoms with van der Waals surface area (Å²) in [5, 5.41) is 12.7. The minimum Gasteiger partial charge on any atom is -0.507 e. The van der Waals surface area contributed by atoms with Crippen molar-refractivity contribution in [1.82, 2.24) is 4.90 Å². The van der Waals surface area contributed by atoms with Crippen LogP contribution in [-0.2, 0) is 11.3 Å². The average Bonchev–Trinajstić information content (AvgIpc) is 3.11. The Balaban J connectivity index is 1.54. The Labute approximate surface area is 218 Å². The Hall–Kier alpha value is -4.24. The molecule has 190 valence electrons. The predicted molar refractivity (Wildman–Crippen MR) is 143 cm³/mol. The molecule has 3 amide bonds. The van der Waals surface area contributed by atoms with Gasteiger partial charge in [0.1, 0.15) is 5.75 Å². The number of nitrogens with zero attached hydrogens (tertiary/aromatic N) is 1. The van der Waals surface area contributed by atoms with Crippen LogP contribution in [0.25, 0.3) is 6.08 Å². The molecule has 2 N–H and O–H groups in total. The fourth-order valence-corrected chi connectivity index (χ4v) is 4.91. The molecule has 3 aromatic carbocycles. The first kappa shape index (κ1) is 25.8. The topological polar surface area (TPSA) is 105 Å². The maximum absolute atomic E-state index is 13.0. The van der Waals surface area contributed by atoms with E-state index >= 15 is 0 Å². The standard InChI is InChI=1S/C28H26N2O6S/c1-16-9-17(2)11-19(10-16)15-30-27(33)25(37-28(30)34)13-18-5-7-22(31)21(12-18)26(32)29-20-6-8-23(35-3)24(14-20)36-4/h5-14,31H,15H2,1-4H3,(H,29,32). The van der Waals surface area contributed by atoms with E-state index in [4.69, 9.17) is 9.47 Å². The number of methoxy groups -OCH3 is 2. The van der Waals surface area contributed by atoms with Crippen molar-refractivity contribution < 1.29 is 29.0 Å². The maximum Gasteiger partial charge on any atom is 0.293 e. The van der Waals surface area contributed by atoms with Crippen molar-refractivity contribution in [1.29, 1.82) is 0 Å². The highest BCUT2D eigenvalue weighted by molar-refractivity contribution is 8.18. The molecule has 3 aromatic rings. The smallest absolute Gasteiger partial charge is 0.293 e. The van der Waals surface area contributed by atoms with Gasteiger partial charge in [-0.05, 0) is 67.1 Å². The van der Waals surface area contributed by atoms with Gasteiger partial charge < -0.3 is 19.9 Å². The zero-order valence-corrected chi connectivity index (χ0v) is 21.6. The van der Waals surface area contributed by atoms with Crippen molar-refractivity contribution in [3.8, 4) is 17.2 Å². The Morgan fingerprint density at radius 3 is 2.35 bits per heavy atom. The van der Waals surface area contributed by atoms with Gasteiger partial charge in [-0.2, -0.15) is 0 Å². The molecule has 1 fully saturated rings. The normalized spacial score (nSPS) is 14.3. The summed E-state index contributed by atoms with van der Waals surface area (Å²) in [5.74, 6) is -0.230.